The predicted molar refractivity (Wildman–Crippen MR) is 52.6 cm³/mol. The summed E-state index contributed by atoms with van der Waals surface area (Å²) in [7, 11) is 0. The van der Waals surface area contributed by atoms with Crippen LogP contribution in [0.5, 0.6) is 0 Å². The second-order valence-corrected chi connectivity index (χ2v) is 3.48. The van der Waals surface area contributed by atoms with Crippen molar-refractivity contribution in [3.8, 4) is 0 Å². The molecule has 1 aromatic heterocycles. The molecule has 0 bridgehead atoms. The molecule has 1 heterocycles. The highest BCUT2D eigenvalue weighted by Crippen LogP contribution is 2.19. The Bertz CT molecular complexity index is 347. The topological polar surface area (TPSA) is 68.0 Å². The number of nitrogens with two attached hydrogens (primary N) is 1. The van der Waals surface area contributed by atoms with Gasteiger partial charge in [-0.05, 0) is 24.5 Å². The van der Waals surface area contributed by atoms with Crippen LogP contribution in [0, 0.1) is 0 Å². The van der Waals surface area contributed by atoms with E-state index < -0.39 is 0 Å². The van der Waals surface area contributed by atoms with Gasteiger partial charge in [-0.2, -0.15) is 0 Å². The van der Waals surface area contributed by atoms with Gasteiger partial charge in [0.05, 0.1) is 0 Å². The Morgan fingerprint density at radius 3 is 3.07 bits per heavy atom. The summed E-state index contributed by atoms with van der Waals surface area (Å²) in [6, 6.07) is 2.08. The third-order valence-electron chi connectivity index (χ3n) is 2.28. The second-order valence-electron chi connectivity index (χ2n) is 3.48. The maximum atomic E-state index is 11.7. The number of hydrogen-bond donors (Lipinski definition) is 2. The molecular weight excluding hydrogens is 178 g/mol. The Kier molecular flexibility index (Phi) is 2.45. The zero-order valence-electron chi connectivity index (χ0n) is 7.86. The zero-order chi connectivity index (χ0) is 9.97. The smallest absolute Gasteiger partial charge is 0.251 e. The lowest BCUT2D eigenvalue weighted by Gasteiger charge is -2.06. The molecule has 1 amide bonds. The number of rotatable bonds is 3. The zero-order valence-corrected chi connectivity index (χ0v) is 7.86. The molecule has 2 rings (SSSR count). The lowest BCUT2D eigenvalue weighted by atomic mass is 10.1. The summed E-state index contributed by atoms with van der Waals surface area (Å²) in [6.45, 7) is 0.348. The fraction of sp³-hybridized carbons (Fsp3) is 0.400. The summed E-state index contributed by atoms with van der Waals surface area (Å²) in [4.78, 5) is 15.6. The lowest BCUT2D eigenvalue weighted by molar-refractivity contribution is 0.0950. The highest BCUT2D eigenvalue weighted by atomic mass is 16.1. The van der Waals surface area contributed by atoms with Crippen molar-refractivity contribution >= 4 is 5.91 Å². The summed E-state index contributed by atoms with van der Waals surface area (Å²) in [5, 5.41) is 2.92. The van der Waals surface area contributed by atoms with Gasteiger partial charge in [-0.25, -0.2) is 0 Å². The first kappa shape index (κ1) is 9.15. The Balaban J connectivity index is 2.16. The Hall–Kier alpha value is -1.42. The SMILES string of the molecule is NCc1cnccc1C(=O)NC1CC1. The summed E-state index contributed by atoms with van der Waals surface area (Å²) in [5.41, 5.74) is 6.96. The predicted octanol–water partition coefficient (Wildman–Crippen LogP) is 0.432. The molecule has 1 fully saturated rings. The molecule has 1 aliphatic carbocycles. The van der Waals surface area contributed by atoms with E-state index in [1.54, 1.807) is 18.5 Å². The third kappa shape index (κ3) is 1.90. The number of pyridine rings is 1. The summed E-state index contributed by atoms with van der Waals surface area (Å²) in [5.74, 6) is -0.0321. The van der Waals surface area contributed by atoms with Crippen LogP contribution < -0.4 is 11.1 Å². The van der Waals surface area contributed by atoms with Crippen molar-refractivity contribution in [3.63, 3.8) is 0 Å². The average molecular weight is 191 g/mol. The van der Waals surface area contributed by atoms with E-state index in [0.29, 0.717) is 18.2 Å². The third-order valence-corrected chi connectivity index (χ3v) is 2.28. The molecule has 74 valence electrons. The Morgan fingerprint density at radius 1 is 1.64 bits per heavy atom. The van der Waals surface area contributed by atoms with Gasteiger partial charge in [-0.3, -0.25) is 9.78 Å². The summed E-state index contributed by atoms with van der Waals surface area (Å²) < 4.78 is 0. The number of carbonyl (C=O) groups excluding carboxylic acids is 1. The molecule has 3 N–H and O–H groups in total. The quantitative estimate of drug-likeness (QED) is 0.728. The van der Waals surface area contributed by atoms with Crippen molar-refractivity contribution in [2.24, 2.45) is 5.73 Å². The van der Waals surface area contributed by atoms with E-state index in [4.69, 9.17) is 5.73 Å². The first-order valence-corrected chi connectivity index (χ1v) is 4.75. The van der Waals surface area contributed by atoms with Gasteiger partial charge in [-0.15, -0.1) is 0 Å². The van der Waals surface area contributed by atoms with Crippen LogP contribution in [0.1, 0.15) is 28.8 Å². The molecule has 1 saturated carbocycles. The monoisotopic (exact) mass is 191 g/mol. The summed E-state index contributed by atoms with van der Waals surface area (Å²) in [6.07, 6.45) is 5.44. The first-order valence-electron chi connectivity index (χ1n) is 4.75. The standard InChI is InChI=1S/C10H13N3O/c11-5-7-6-12-4-3-9(7)10(14)13-8-1-2-8/h3-4,6,8H,1-2,5,11H2,(H,13,14). The van der Waals surface area contributed by atoms with Crippen LogP contribution in [0.2, 0.25) is 0 Å². The van der Waals surface area contributed by atoms with Crippen LogP contribution in [0.3, 0.4) is 0 Å². The van der Waals surface area contributed by atoms with Crippen LogP contribution in [-0.4, -0.2) is 16.9 Å². The van der Waals surface area contributed by atoms with Gasteiger partial charge in [0.15, 0.2) is 0 Å². The fourth-order valence-corrected chi connectivity index (χ4v) is 1.30. The molecule has 14 heavy (non-hydrogen) atoms. The fourth-order valence-electron chi connectivity index (χ4n) is 1.30. The normalized spacial score (nSPS) is 15.2. The minimum Gasteiger partial charge on any atom is -0.349 e. The van der Waals surface area contributed by atoms with E-state index in [-0.39, 0.29) is 5.91 Å². The van der Waals surface area contributed by atoms with E-state index in [0.717, 1.165) is 18.4 Å². The molecule has 0 atom stereocenters. The molecular formula is C10H13N3O. The highest BCUT2D eigenvalue weighted by molar-refractivity contribution is 5.95. The average Bonchev–Trinajstić information content (AvgIpc) is 3.01. The van der Waals surface area contributed by atoms with Crippen LogP contribution >= 0.6 is 0 Å². The van der Waals surface area contributed by atoms with Gasteiger partial charge in [0.2, 0.25) is 0 Å². The van der Waals surface area contributed by atoms with Gasteiger partial charge in [0.1, 0.15) is 0 Å². The Labute approximate surface area is 82.5 Å². The molecule has 0 spiro atoms. The van der Waals surface area contributed by atoms with Crippen molar-refractivity contribution < 1.29 is 4.79 Å². The number of hydrogen-bond acceptors (Lipinski definition) is 3. The molecule has 0 aliphatic heterocycles. The molecule has 0 unspecified atom stereocenters. The van der Waals surface area contributed by atoms with Crippen molar-refractivity contribution in [3.05, 3.63) is 29.6 Å². The molecule has 4 heteroatoms. The maximum Gasteiger partial charge on any atom is 0.251 e. The Morgan fingerprint density at radius 2 is 2.43 bits per heavy atom. The number of nitrogens with one attached hydrogen (secondary N) is 1. The molecule has 1 aromatic rings. The van der Waals surface area contributed by atoms with Crippen molar-refractivity contribution in [1.82, 2.24) is 10.3 Å². The lowest BCUT2D eigenvalue weighted by Crippen LogP contribution is -2.26. The van der Waals surface area contributed by atoms with Crippen molar-refractivity contribution in [1.29, 1.82) is 0 Å². The number of amides is 1. The molecule has 1 aliphatic rings. The number of aromatic nitrogens is 1. The van der Waals surface area contributed by atoms with Gasteiger partial charge in [0.25, 0.3) is 5.91 Å². The minimum absolute atomic E-state index is 0.0321. The van der Waals surface area contributed by atoms with Gasteiger partial charge >= 0.3 is 0 Å². The van der Waals surface area contributed by atoms with E-state index >= 15 is 0 Å². The van der Waals surface area contributed by atoms with E-state index in [1.807, 2.05) is 0 Å². The highest BCUT2D eigenvalue weighted by Gasteiger charge is 2.24. The number of carbonyl (C=O) groups is 1. The van der Waals surface area contributed by atoms with Crippen LogP contribution in [0.25, 0.3) is 0 Å². The van der Waals surface area contributed by atoms with E-state index in [9.17, 15) is 4.79 Å². The molecule has 0 aromatic carbocycles. The van der Waals surface area contributed by atoms with Crippen LogP contribution in [0.4, 0.5) is 0 Å². The van der Waals surface area contributed by atoms with Gasteiger partial charge in [0, 0.05) is 30.5 Å². The maximum absolute atomic E-state index is 11.7. The van der Waals surface area contributed by atoms with Gasteiger partial charge in [-0.1, -0.05) is 0 Å². The first-order chi connectivity index (χ1) is 6.81. The van der Waals surface area contributed by atoms with Crippen LogP contribution in [-0.2, 0) is 6.54 Å². The van der Waals surface area contributed by atoms with E-state index in [2.05, 4.69) is 10.3 Å². The second kappa shape index (κ2) is 3.75. The van der Waals surface area contributed by atoms with Crippen LogP contribution in [0.15, 0.2) is 18.5 Å². The van der Waals surface area contributed by atoms with Crippen molar-refractivity contribution in [2.45, 2.75) is 25.4 Å². The minimum atomic E-state index is -0.0321. The molecule has 0 saturated heterocycles. The van der Waals surface area contributed by atoms with Crippen molar-refractivity contribution in [2.75, 3.05) is 0 Å². The largest absolute Gasteiger partial charge is 0.349 e. The number of nitrogens with zero attached hydrogens (tertiary/aromatic N) is 1. The molecule has 0 radical (unpaired) electrons. The van der Waals surface area contributed by atoms with Gasteiger partial charge < -0.3 is 11.1 Å². The molecule has 4 nitrogen and oxygen atoms in total. The summed E-state index contributed by atoms with van der Waals surface area (Å²) >= 11 is 0. The van der Waals surface area contributed by atoms with E-state index in [1.165, 1.54) is 0 Å².